The Kier molecular flexibility index (Phi) is 3.88. The molecule has 3 rings (SSSR count). The van der Waals surface area contributed by atoms with E-state index in [-0.39, 0.29) is 5.56 Å². The van der Waals surface area contributed by atoms with Crippen LogP contribution in [0.3, 0.4) is 0 Å². The smallest absolute Gasteiger partial charge is 0.274 e. The van der Waals surface area contributed by atoms with Crippen LogP contribution < -0.4 is 5.56 Å². The van der Waals surface area contributed by atoms with Gasteiger partial charge < -0.3 is 4.98 Å². The number of aromatic nitrogens is 2. The van der Waals surface area contributed by atoms with E-state index in [1.165, 1.54) is 5.56 Å². The lowest BCUT2D eigenvalue weighted by Gasteiger charge is -2.04. The lowest BCUT2D eigenvalue weighted by atomic mass is 10.0. The third-order valence-electron chi connectivity index (χ3n) is 3.66. The van der Waals surface area contributed by atoms with E-state index in [2.05, 4.69) is 48.1 Å². The average molecular weight is 290 g/mol. The van der Waals surface area contributed by atoms with Crippen molar-refractivity contribution in [3.63, 3.8) is 0 Å². The van der Waals surface area contributed by atoms with Crippen molar-refractivity contribution in [2.75, 3.05) is 0 Å². The summed E-state index contributed by atoms with van der Waals surface area (Å²) in [5.74, 6) is 0.517. The summed E-state index contributed by atoms with van der Waals surface area (Å²) in [5.41, 5.74) is 4.15. The number of rotatable bonds is 3. The molecular weight excluding hydrogens is 272 g/mol. The van der Waals surface area contributed by atoms with Gasteiger partial charge in [0.15, 0.2) is 0 Å². The molecule has 110 valence electrons. The number of para-hydroxylation sites is 2. The van der Waals surface area contributed by atoms with E-state index in [1.54, 1.807) is 6.08 Å². The van der Waals surface area contributed by atoms with Gasteiger partial charge in [-0.15, -0.1) is 0 Å². The summed E-state index contributed by atoms with van der Waals surface area (Å²) in [6.07, 6.45) is 3.67. The second kappa shape index (κ2) is 5.98. The molecule has 1 aromatic heterocycles. The maximum absolute atomic E-state index is 12.0. The minimum Gasteiger partial charge on any atom is -0.319 e. The van der Waals surface area contributed by atoms with Gasteiger partial charge in [-0.3, -0.25) is 4.79 Å². The zero-order valence-electron chi connectivity index (χ0n) is 12.7. The molecule has 3 aromatic rings. The SMILES string of the molecule is CC(C)c1ccc(/C=C/c2nc3ccccc3[nH]c2=O)cc1. The molecular formula is C19H18N2O. The molecule has 1 N–H and O–H groups in total. The van der Waals surface area contributed by atoms with E-state index in [4.69, 9.17) is 0 Å². The van der Waals surface area contributed by atoms with E-state index in [1.807, 2.05) is 30.3 Å². The molecule has 0 saturated carbocycles. The number of H-pyrrole nitrogens is 1. The molecule has 0 amide bonds. The van der Waals surface area contributed by atoms with Gasteiger partial charge >= 0.3 is 0 Å². The first-order valence-electron chi connectivity index (χ1n) is 7.40. The van der Waals surface area contributed by atoms with Gasteiger partial charge in [0.2, 0.25) is 0 Å². The number of hydrogen-bond acceptors (Lipinski definition) is 2. The second-order valence-electron chi connectivity index (χ2n) is 5.62. The fourth-order valence-electron chi connectivity index (χ4n) is 2.32. The molecule has 1 heterocycles. The van der Waals surface area contributed by atoms with E-state index >= 15 is 0 Å². The number of nitrogens with one attached hydrogen (secondary N) is 1. The summed E-state index contributed by atoms with van der Waals surface area (Å²) >= 11 is 0. The van der Waals surface area contributed by atoms with E-state index < -0.39 is 0 Å². The Hall–Kier alpha value is -2.68. The molecule has 0 spiro atoms. The Morgan fingerprint density at radius 2 is 1.73 bits per heavy atom. The largest absolute Gasteiger partial charge is 0.319 e. The highest BCUT2D eigenvalue weighted by Gasteiger charge is 2.01. The predicted octanol–water partition coefficient (Wildman–Crippen LogP) is 4.22. The van der Waals surface area contributed by atoms with Crippen LogP contribution in [0.15, 0.2) is 53.3 Å². The Bertz CT molecular complexity index is 874. The van der Waals surface area contributed by atoms with Crippen LogP contribution in [0, 0.1) is 0 Å². The van der Waals surface area contributed by atoms with E-state index in [0.29, 0.717) is 11.6 Å². The van der Waals surface area contributed by atoms with Gasteiger partial charge in [-0.05, 0) is 35.3 Å². The first-order chi connectivity index (χ1) is 10.6. The number of aromatic amines is 1. The molecule has 0 atom stereocenters. The van der Waals surface area contributed by atoms with Gasteiger partial charge in [-0.2, -0.15) is 0 Å². The van der Waals surface area contributed by atoms with Crippen LogP contribution in [-0.2, 0) is 0 Å². The van der Waals surface area contributed by atoms with Gasteiger partial charge in [-0.25, -0.2) is 4.98 Å². The van der Waals surface area contributed by atoms with E-state index in [0.717, 1.165) is 16.6 Å². The highest BCUT2D eigenvalue weighted by atomic mass is 16.1. The van der Waals surface area contributed by atoms with Crippen LogP contribution in [0.5, 0.6) is 0 Å². The van der Waals surface area contributed by atoms with Crippen molar-refractivity contribution in [1.82, 2.24) is 9.97 Å². The number of nitrogens with zero attached hydrogens (tertiary/aromatic N) is 1. The standard InChI is InChI=1S/C19H18N2O/c1-13(2)15-10-7-14(8-11-15)9-12-18-19(22)21-17-6-4-3-5-16(17)20-18/h3-13H,1-2H3,(H,21,22)/b12-9+. The number of benzene rings is 2. The van der Waals surface area contributed by atoms with Crippen molar-refractivity contribution in [2.45, 2.75) is 19.8 Å². The molecule has 0 aliphatic heterocycles. The van der Waals surface area contributed by atoms with Gasteiger partial charge in [0.1, 0.15) is 5.69 Å². The number of fused-ring (bicyclic) bond motifs is 1. The van der Waals surface area contributed by atoms with Crippen LogP contribution in [0.1, 0.15) is 36.6 Å². The molecule has 0 radical (unpaired) electrons. The van der Waals surface area contributed by atoms with Gasteiger partial charge in [0.25, 0.3) is 5.56 Å². The fraction of sp³-hybridized carbons (Fsp3) is 0.158. The van der Waals surface area contributed by atoms with Crippen LogP contribution in [0.2, 0.25) is 0 Å². The Morgan fingerprint density at radius 1 is 1.00 bits per heavy atom. The van der Waals surface area contributed by atoms with Gasteiger partial charge in [-0.1, -0.05) is 56.3 Å². The molecule has 0 fully saturated rings. The van der Waals surface area contributed by atoms with Crippen molar-refractivity contribution in [1.29, 1.82) is 0 Å². The third kappa shape index (κ3) is 2.98. The second-order valence-corrected chi connectivity index (χ2v) is 5.62. The van der Waals surface area contributed by atoms with Crippen molar-refractivity contribution in [3.8, 4) is 0 Å². The minimum atomic E-state index is -0.172. The highest BCUT2D eigenvalue weighted by Crippen LogP contribution is 2.16. The van der Waals surface area contributed by atoms with Crippen LogP contribution in [0.4, 0.5) is 0 Å². The normalized spacial score (nSPS) is 11.6. The van der Waals surface area contributed by atoms with Crippen LogP contribution >= 0.6 is 0 Å². The number of hydrogen-bond donors (Lipinski definition) is 1. The van der Waals surface area contributed by atoms with E-state index in [9.17, 15) is 4.79 Å². The molecule has 22 heavy (non-hydrogen) atoms. The molecule has 3 nitrogen and oxygen atoms in total. The van der Waals surface area contributed by atoms with Crippen molar-refractivity contribution >= 4 is 23.2 Å². The zero-order chi connectivity index (χ0) is 15.5. The van der Waals surface area contributed by atoms with Crippen molar-refractivity contribution in [2.24, 2.45) is 0 Å². The zero-order valence-corrected chi connectivity index (χ0v) is 12.7. The first-order valence-corrected chi connectivity index (χ1v) is 7.40. The van der Waals surface area contributed by atoms with Gasteiger partial charge in [0, 0.05) is 0 Å². The molecule has 0 bridgehead atoms. The summed E-state index contributed by atoms with van der Waals surface area (Å²) < 4.78 is 0. The Labute approximate surface area is 129 Å². The summed E-state index contributed by atoms with van der Waals surface area (Å²) in [5, 5.41) is 0. The molecule has 0 aliphatic carbocycles. The average Bonchev–Trinajstić information content (AvgIpc) is 2.53. The van der Waals surface area contributed by atoms with Crippen LogP contribution in [0.25, 0.3) is 23.2 Å². The summed E-state index contributed by atoms with van der Waals surface area (Å²) in [7, 11) is 0. The monoisotopic (exact) mass is 290 g/mol. The summed E-state index contributed by atoms with van der Waals surface area (Å²) in [6.45, 7) is 4.34. The third-order valence-corrected chi connectivity index (χ3v) is 3.66. The maximum Gasteiger partial charge on any atom is 0.274 e. The molecule has 0 aliphatic rings. The van der Waals surface area contributed by atoms with Crippen molar-refractivity contribution < 1.29 is 0 Å². The highest BCUT2D eigenvalue weighted by molar-refractivity contribution is 5.76. The fourth-order valence-corrected chi connectivity index (χ4v) is 2.32. The Balaban J connectivity index is 1.91. The quantitative estimate of drug-likeness (QED) is 0.785. The van der Waals surface area contributed by atoms with Crippen molar-refractivity contribution in [3.05, 3.63) is 75.7 Å². The predicted molar refractivity (Wildman–Crippen MR) is 91.8 cm³/mol. The molecule has 3 heteroatoms. The topological polar surface area (TPSA) is 45.8 Å². The minimum absolute atomic E-state index is 0.172. The molecule has 0 saturated heterocycles. The lowest BCUT2D eigenvalue weighted by Crippen LogP contribution is -2.11. The first kappa shape index (κ1) is 14.3. The lowest BCUT2D eigenvalue weighted by molar-refractivity contribution is 0.866. The summed E-state index contributed by atoms with van der Waals surface area (Å²) in [4.78, 5) is 19.3. The maximum atomic E-state index is 12.0. The molecule has 2 aromatic carbocycles. The van der Waals surface area contributed by atoms with Gasteiger partial charge in [0.05, 0.1) is 11.0 Å². The Morgan fingerprint density at radius 3 is 2.45 bits per heavy atom. The summed E-state index contributed by atoms with van der Waals surface area (Å²) in [6, 6.07) is 15.9. The van der Waals surface area contributed by atoms with Crippen LogP contribution in [-0.4, -0.2) is 9.97 Å². The molecule has 0 unspecified atom stereocenters.